The molecule has 2 atom stereocenters. The zero-order valence-corrected chi connectivity index (χ0v) is 23.8. The van der Waals surface area contributed by atoms with Crippen molar-refractivity contribution in [2.75, 3.05) is 25.2 Å². The first-order valence-electron chi connectivity index (χ1n) is 15.2. The Morgan fingerprint density at radius 1 is 1.07 bits per heavy atom. The molecule has 2 saturated carbocycles. The molecule has 1 saturated heterocycles. The zero-order valence-electron chi connectivity index (χ0n) is 23.8. The standard InChI is InChI=1S/C33H42F3N3O/c1-22(14-27-18-32(12-4-3-5-13-32)20-37-21-38(27)2)24-15-25(23-8-6-9-23)17-26(16-24)39-19-29-28(31(39)40)10-7-11-30(29)33(34,35)36/h7,10-11,15-17,22-23,27,37H,3-6,8-9,12-14,18-21H2,1-2H3. The fourth-order valence-corrected chi connectivity index (χ4v) is 7.73. The van der Waals surface area contributed by atoms with E-state index >= 15 is 0 Å². The molecule has 2 aliphatic heterocycles. The normalized spacial score (nSPS) is 24.6. The third kappa shape index (κ3) is 5.32. The monoisotopic (exact) mass is 553 g/mol. The fraction of sp³-hybridized carbons (Fsp3) is 0.606. The van der Waals surface area contributed by atoms with E-state index in [0.717, 1.165) is 44.2 Å². The number of nitrogens with zero attached hydrogens (tertiary/aromatic N) is 2. The minimum atomic E-state index is -4.48. The van der Waals surface area contributed by atoms with Crippen molar-refractivity contribution in [3.63, 3.8) is 0 Å². The first kappa shape index (κ1) is 27.8. The van der Waals surface area contributed by atoms with Crippen LogP contribution < -0.4 is 10.2 Å². The number of carbonyl (C=O) groups is 1. The van der Waals surface area contributed by atoms with Crippen LogP contribution in [0, 0.1) is 5.41 Å². The molecule has 1 spiro atoms. The summed E-state index contributed by atoms with van der Waals surface area (Å²) in [5, 5.41) is 3.72. The Kier molecular flexibility index (Phi) is 7.49. The highest BCUT2D eigenvalue weighted by molar-refractivity contribution is 6.10. The average Bonchev–Trinajstić information content (AvgIpc) is 3.15. The number of halogens is 3. The predicted molar refractivity (Wildman–Crippen MR) is 153 cm³/mol. The van der Waals surface area contributed by atoms with Gasteiger partial charge < -0.3 is 10.2 Å². The Morgan fingerprint density at radius 3 is 2.55 bits per heavy atom. The molecule has 2 aromatic carbocycles. The third-order valence-electron chi connectivity index (χ3n) is 10.4. The quantitative estimate of drug-likeness (QED) is 0.410. The van der Waals surface area contributed by atoms with Gasteiger partial charge in [0.1, 0.15) is 0 Å². The molecule has 0 aromatic heterocycles. The van der Waals surface area contributed by atoms with Crippen LogP contribution >= 0.6 is 0 Å². The Morgan fingerprint density at radius 2 is 1.85 bits per heavy atom. The van der Waals surface area contributed by atoms with Gasteiger partial charge >= 0.3 is 6.18 Å². The van der Waals surface area contributed by atoms with Gasteiger partial charge in [-0.1, -0.05) is 44.7 Å². The van der Waals surface area contributed by atoms with Crippen LogP contribution in [-0.4, -0.2) is 37.1 Å². The molecule has 3 fully saturated rings. The fourth-order valence-electron chi connectivity index (χ4n) is 7.73. The lowest BCUT2D eigenvalue weighted by molar-refractivity contribution is -0.138. The summed E-state index contributed by atoms with van der Waals surface area (Å²) < 4.78 is 41.3. The van der Waals surface area contributed by atoms with E-state index in [9.17, 15) is 18.0 Å². The molecule has 4 aliphatic rings. The molecule has 1 amide bonds. The van der Waals surface area contributed by atoms with Crippen LogP contribution in [0.3, 0.4) is 0 Å². The SMILES string of the molecule is CC(CC1CC2(CCCCC2)CNCN1C)c1cc(C2CCC2)cc(N2Cc3c(cccc3C(F)(F)F)C2=O)c1. The number of hydrogen-bond acceptors (Lipinski definition) is 3. The second kappa shape index (κ2) is 10.8. The van der Waals surface area contributed by atoms with Crippen LogP contribution in [-0.2, 0) is 12.7 Å². The van der Waals surface area contributed by atoms with Crippen molar-refractivity contribution < 1.29 is 18.0 Å². The lowest BCUT2D eigenvalue weighted by Crippen LogP contribution is -2.37. The van der Waals surface area contributed by atoms with Gasteiger partial charge in [0, 0.05) is 30.5 Å². The minimum Gasteiger partial charge on any atom is -0.304 e. The number of hydrogen-bond donors (Lipinski definition) is 1. The highest BCUT2D eigenvalue weighted by Gasteiger charge is 2.41. The van der Waals surface area contributed by atoms with Gasteiger partial charge in [-0.2, -0.15) is 13.2 Å². The lowest BCUT2D eigenvalue weighted by atomic mass is 9.69. The van der Waals surface area contributed by atoms with E-state index in [4.69, 9.17) is 0 Å². The topological polar surface area (TPSA) is 35.6 Å². The van der Waals surface area contributed by atoms with Crippen molar-refractivity contribution in [3.8, 4) is 0 Å². The largest absolute Gasteiger partial charge is 0.416 e. The Labute approximate surface area is 236 Å². The van der Waals surface area contributed by atoms with Crippen LogP contribution in [0.25, 0.3) is 0 Å². The maximum absolute atomic E-state index is 13.8. The maximum atomic E-state index is 13.8. The van der Waals surface area contributed by atoms with Crippen molar-refractivity contribution in [1.82, 2.24) is 10.2 Å². The van der Waals surface area contributed by atoms with Gasteiger partial charge in [0.05, 0.1) is 12.1 Å². The molecule has 40 heavy (non-hydrogen) atoms. The summed E-state index contributed by atoms with van der Waals surface area (Å²) in [5.74, 6) is 0.405. The summed E-state index contributed by atoms with van der Waals surface area (Å²) >= 11 is 0. The molecule has 0 bridgehead atoms. The highest BCUT2D eigenvalue weighted by Crippen LogP contribution is 2.45. The summed E-state index contributed by atoms with van der Waals surface area (Å²) in [5.41, 5.74) is 3.10. The Hall–Kier alpha value is -2.38. The van der Waals surface area contributed by atoms with Gasteiger partial charge in [0.15, 0.2) is 0 Å². The third-order valence-corrected chi connectivity index (χ3v) is 10.4. The number of amides is 1. The molecule has 1 N–H and O–H groups in total. The summed E-state index contributed by atoms with van der Waals surface area (Å²) in [6.45, 7) is 4.24. The average molecular weight is 554 g/mol. The number of rotatable bonds is 5. The summed E-state index contributed by atoms with van der Waals surface area (Å²) in [6.07, 6.45) is 7.80. The van der Waals surface area contributed by atoms with Gasteiger partial charge in [-0.3, -0.25) is 9.69 Å². The summed E-state index contributed by atoms with van der Waals surface area (Å²) in [4.78, 5) is 17.5. The molecular weight excluding hydrogens is 511 g/mol. The molecule has 0 radical (unpaired) electrons. The molecule has 2 aromatic rings. The summed E-state index contributed by atoms with van der Waals surface area (Å²) in [7, 11) is 2.22. The number of anilines is 1. The molecule has 6 rings (SSSR count). The molecule has 4 nitrogen and oxygen atoms in total. The lowest BCUT2D eigenvalue weighted by Gasteiger charge is -2.39. The van der Waals surface area contributed by atoms with Crippen molar-refractivity contribution >= 4 is 11.6 Å². The first-order chi connectivity index (χ1) is 19.1. The first-order valence-corrected chi connectivity index (χ1v) is 15.2. The molecule has 7 heteroatoms. The van der Waals surface area contributed by atoms with E-state index < -0.39 is 11.7 Å². The van der Waals surface area contributed by atoms with Gasteiger partial charge in [-0.25, -0.2) is 0 Å². The maximum Gasteiger partial charge on any atom is 0.416 e. The molecular formula is C33H42F3N3O. The van der Waals surface area contributed by atoms with Gasteiger partial charge in [0.2, 0.25) is 0 Å². The van der Waals surface area contributed by atoms with Gasteiger partial charge in [-0.05, 0) is 104 Å². The number of carbonyl (C=O) groups excluding carboxylic acids is 1. The Balaban J connectivity index is 1.29. The van der Waals surface area contributed by atoms with Crippen LogP contribution in [0.15, 0.2) is 36.4 Å². The van der Waals surface area contributed by atoms with E-state index in [1.165, 1.54) is 68.2 Å². The number of benzene rings is 2. The minimum absolute atomic E-state index is 0.0364. The molecule has 2 aliphatic carbocycles. The van der Waals surface area contributed by atoms with Crippen molar-refractivity contribution in [2.24, 2.45) is 5.41 Å². The van der Waals surface area contributed by atoms with Crippen LogP contribution in [0.2, 0.25) is 0 Å². The van der Waals surface area contributed by atoms with E-state index in [2.05, 4.69) is 42.4 Å². The highest BCUT2D eigenvalue weighted by atomic mass is 19.4. The molecule has 2 heterocycles. The number of alkyl halides is 3. The second-order valence-electron chi connectivity index (χ2n) is 13.1. The van der Waals surface area contributed by atoms with E-state index in [-0.39, 0.29) is 29.5 Å². The van der Waals surface area contributed by atoms with Crippen molar-refractivity contribution in [3.05, 3.63) is 64.2 Å². The Bertz CT molecular complexity index is 1250. The number of nitrogens with one attached hydrogen (secondary N) is 1. The second-order valence-corrected chi connectivity index (χ2v) is 13.1. The smallest absolute Gasteiger partial charge is 0.304 e. The van der Waals surface area contributed by atoms with Crippen LogP contribution in [0.5, 0.6) is 0 Å². The van der Waals surface area contributed by atoms with Crippen molar-refractivity contribution in [2.45, 2.75) is 102 Å². The van der Waals surface area contributed by atoms with Gasteiger partial charge in [0.25, 0.3) is 5.91 Å². The van der Waals surface area contributed by atoms with Crippen molar-refractivity contribution in [1.29, 1.82) is 0 Å². The van der Waals surface area contributed by atoms with E-state index in [1.807, 2.05) is 0 Å². The van der Waals surface area contributed by atoms with E-state index in [0.29, 0.717) is 17.4 Å². The number of fused-ring (bicyclic) bond motifs is 1. The van der Waals surface area contributed by atoms with Crippen LogP contribution in [0.1, 0.15) is 116 Å². The zero-order chi connectivity index (χ0) is 28.1. The summed E-state index contributed by atoms with van der Waals surface area (Å²) in [6, 6.07) is 10.9. The predicted octanol–water partition coefficient (Wildman–Crippen LogP) is 7.83. The van der Waals surface area contributed by atoms with E-state index in [1.54, 1.807) is 4.90 Å². The molecule has 2 unspecified atom stereocenters. The van der Waals surface area contributed by atoms with Crippen LogP contribution in [0.4, 0.5) is 18.9 Å². The molecule has 216 valence electrons. The van der Waals surface area contributed by atoms with Gasteiger partial charge in [-0.15, -0.1) is 0 Å².